The number of para-hydroxylation sites is 1. The van der Waals surface area contributed by atoms with E-state index in [1.54, 1.807) is 0 Å². The summed E-state index contributed by atoms with van der Waals surface area (Å²) in [4.78, 5) is 11.9. The SMILES string of the molecule is COC(=O)c1cc2n(c1)CCOc1cccc(COc3ccccc3)c1-2. The van der Waals surface area contributed by atoms with Crippen molar-refractivity contribution in [2.75, 3.05) is 13.7 Å². The fourth-order valence-corrected chi connectivity index (χ4v) is 3.17. The van der Waals surface area contributed by atoms with Gasteiger partial charge in [0.15, 0.2) is 0 Å². The Morgan fingerprint density at radius 2 is 2.00 bits per heavy atom. The Morgan fingerprint density at radius 3 is 2.81 bits per heavy atom. The van der Waals surface area contributed by atoms with Gasteiger partial charge in [-0.3, -0.25) is 0 Å². The molecule has 0 radical (unpaired) electrons. The molecule has 0 fully saturated rings. The van der Waals surface area contributed by atoms with Crippen LogP contribution in [0.3, 0.4) is 0 Å². The summed E-state index contributed by atoms with van der Waals surface area (Å²) in [6, 6.07) is 17.5. The first-order chi connectivity index (χ1) is 12.8. The van der Waals surface area contributed by atoms with Crippen LogP contribution < -0.4 is 9.47 Å². The molecule has 2 aromatic carbocycles. The van der Waals surface area contributed by atoms with Crippen molar-refractivity contribution < 1.29 is 19.0 Å². The molecule has 1 aromatic heterocycles. The van der Waals surface area contributed by atoms with Crippen molar-refractivity contribution >= 4 is 5.97 Å². The first-order valence-corrected chi connectivity index (χ1v) is 8.47. The number of methoxy groups -OCH3 is 1. The quantitative estimate of drug-likeness (QED) is 0.670. The summed E-state index contributed by atoms with van der Waals surface area (Å²) in [6.45, 7) is 1.62. The molecule has 0 unspecified atom stereocenters. The van der Waals surface area contributed by atoms with Gasteiger partial charge in [-0.05, 0) is 24.3 Å². The maximum Gasteiger partial charge on any atom is 0.339 e. The van der Waals surface area contributed by atoms with Crippen molar-refractivity contribution in [3.05, 3.63) is 71.9 Å². The van der Waals surface area contributed by atoms with E-state index in [0.29, 0.717) is 25.3 Å². The Hall–Kier alpha value is -3.21. The van der Waals surface area contributed by atoms with Gasteiger partial charge >= 0.3 is 5.97 Å². The molecule has 26 heavy (non-hydrogen) atoms. The smallest absolute Gasteiger partial charge is 0.339 e. The lowest BCUT2D eigenvalue weighted by Gasteiger charge is -2.14. The summed E-state index contributed by atoms with van der Waals surface area (Å²) in [5.74, 6) is 1.27. The number of carbonyl (C=O) groups excluding carboxylic acids is 1. The van der Waals surface area contributed by atoms with Gasteiger partial charge in [-0.25, -0.2) is 4.79 Å². The predicted octanol–water partition coefficient (Wildman–Crippen LogP) is 3.91. The van der Waals surface area contributed by atoms with Gasteiger partial charge in [-0.15, -0.1) is 0 Å². The highest BCUT2D eigenvalue weighted by Crippen LogP contribution is 2.37. The van der Waals surface area contributed by atoms with Crippen LogP contribution in [-0.2, 0) is 17.9 Å². The molecule has 0 saturated heterocycles. The molecule has 5 nitrogen and oxygen atoms in total. The molecular formula is C21H19NO4. The van der Waals surface area contributed by atoms with E-state index in [1.807, 2.05) is 65.4 Å². The lowest BCUT2D eigenvalue weighted by Crippen LogP contribution is -2.05. The summed E-state index contributed by atoms with van der Waals surface area (Å²) < 4.78 is 18.7. The van der Waals surface area contributed by atoms with Gasteiger partial charge in [0.2, 0.25) is 0 Å². The number of benzene rings is 2. The molecule has 0 spiro atoms. The highest BCUT2D eigenvalue weighted by Gasteiger charge is 2.22. The number of nitrogens with zero attached hydrogens (tertiary/aromatic N) is 1. The lowest BCUT2D eigenvalue weighted by atomic mass is 10.0. The number of rotatable bonds is 4. The lowest BCUT2D eigenvalue weighted by molar-refractivity contribution is 0.0600. The average Bonchev–Trinajstić information content (AvgIpc) is 3.02. The van der Waals surface area contributed by atoms with Gasteiger partial charge in [0.1, 0.15) is 24.7 Å². The van der Waals surface area contributed by atoms with Crippen LogP contribution in [0, 0.1) is 0 Å². The third kappa shape index (κ3) is 3.04. The van der Waals surface area contributed by atoms with E-state index in [2.05, 4.69) is 0 Å². The molecule has 5 heteroatoms. The molecule has 0 saturated carbocycles. The van der Waals surface area contributed by atoms with Crippen LogP contribution in [0.15, 0.2) is 60.8 Å². The highest BCUT2D eigenvalue weighted by molar-refractivity contribution is 5.91. The summed E-state index contributed by atoms with van der Waals surface area (Å²) in [5, 5.41) is 0. The van der Waals surface area contributed by atoms with Gasteiger partial charge in [0.25, 0.3) is 0 Å². The number of hydrogen-bond acceptors (Lipinski definition) is 4. The Kier molecular flexibility index (Phi) is 4.35. The largest absolute Gasteiger partial charge is 0.491 e. The van der Waals surface area contributed by atoms with Crippen molar-refractivity contribution in [1.29, 1.82) is 0 Å². The van der Waals surface area contributed by atoms with Crippen molar-refractivity contribution in [3.63, 3.8) is 0 Å². The van der Waals surface area contributed by atoms with Crippen LogP contribution in [0.25, 0.3) is 11.3 Å². The number of ether oxygens (including phenoxy) is 3. The molecular weight excluding hydrogens is 330 g/mol. The first kappa shape index (κ1) is 16.3. The molecule has 132 valence electrons. The van der Waals surface area contributed by atoms with Gasteiger partial charge in [-0.2, -0.15) is 0 Å². The van der Waals surface area contributed by atoms with Gasteiger partial charge in [0, 0.05) is 17.3 Å². The molecule has 2 heterocycles. The van der Waals surface area contributed by atoms with Crippen molar-refractivity contribution in [2.45, 2.75) is 13.2 Å². The molecule has 3 aromatic rings. The second-order valence-electron chi connectivity index (χ2n) is 6.04. The van der Waals surface area contributed by atoms with Crippen molar-refractivity contribution in [1.82, 2.24) is 4.57 Å². The minimum absolute atomic E-state index is 0.342. The molecule has 0 aliphatic carbocycles. The second-order valence-corrected chi connectivity index (χ2v) is 6.04. The van der Waals surface area contributed by atoms with Crippen molar-refractivity contribution in [2.24, 2.45) is 0 Å². The normalized spacial score (nSPS) is 12.3. The molecule has 0 amide bonds. The standard InChI is InChI=1S/C21H19NO4/c1-24-21(23)16-12-18-20-15(14-26-17-7-3-2-4-8-17)6-5-9-19(20)25-11-10-22(18)13-16/h2-9,12-13H,10-11,14H2,1H3. The second kappa shape index (κ2) is 6.96. The Labute approximate surface area is 151 Å². The summed E-state index contributed by atoms with van der Waals surface area (Å²) in [6.07, 6.45) is 1.81. The van der Waals surface area contributed by atoms with Crippen LogP contribution >= 0.6 is 0 Å². The third-order valence-electron chi connectivity index (χ3n) is 4.41. The fraction of sp³-hybridized carbons (Fsp3) is 0.190. The number of esters is 1. The molecule has 0 atom stereocenters. The van der Waals surface area contributed by atoms with E-state index in [1.165, 1.54) is 7.11 Å². The molecule has 0 bridgehead atoms. The Morgan fingerprint density at radius 1 is 1.15 bits per heavy atom. The highest BCUT2D eigenvalue weighted by atomic mass is 16.5. The predicted molar refractivity (Wildman–Crippen MR) is 97.5 cm³/mol. The van der Waals surface area contributed by atoms with Gasteiger partial charge in [-0.1, -0.05) is 30.3 Å². The molecule has 0 N–H and O–H groups in total. The number of hydrogen-bond donors (Lipinski definition) is 0. The minimum atomic E-state index is -0.342. The summed E-state index contributed by atoms with van der Waals surface area (Å²) >= 11 is 0. The van der Waals surface area contributed by atoms with E-state index in [-0.39, 0.29) is 5.97 Å². The zero-order chi connectivity index (χ0) is 17.9. The molecule has 1 aliphatic rings. The summed E-state index contributed by atoms with van der Waals surface area (Å²) in [5.41, 5.74) is 3.43. The number of carbonyl (C=O) groups is 1. The zero-order valence-electron chi connectivity index (χ0n) is 14.5. The minimum Gasteiger partial charge on any atom is -0.491 e. The first-order valence-electron chi connectivity index (χ1n) is 8.47. The summed E-state index contributed by atoms with van der Waals surface area (Å²) in [7, 11) is 1.39. The monoisotopic (exact) mass is 349 g/mol. The van der Waals surface area contributed by atoms with Crippen LogP contribution in [0.4, 0.5) is 0 Å². The number of aromatic nitrogens is 1. The Balaban J connectivity index is 1.73. The number of fused-ring (bicyclic) bond motifs is 3. The molecule has 1 aliphatic heterocycles. The van der Waals surface area contributed by atoms with E-state index in [9.17, 15) is 4.79 Å². The average molecular weight is 349 g/mol. The topological polar surface area (TPSA) is 49.7 Å². The third-order valence-corrected chi connectivity index (χ3v) is 4.41. The van der Waals surface area contributed by atoms with Gasteiger partial charge < -0.3 is 18.8 Å². The Bertz CT molecular complexity index is 930. The van der Waals surface area contributed by atoms with Gasteiger partial charge in [0.05, 0.1) is 24.9 Å². The zero-order valence-corrected chi connectivity index (χ0v) is 14.5. The van der Waals surface area contributed by atoms with E-state index in [0.717, 1.165) is 28.3 Å². The van der Waals surface area contributed by atoms with E-state index >= 15 is 0 Å². The van der Waals surface area contributed by atoms with E-state index in [4.69, 9.17) is 14.2 Å². The maximum absolute atomic E-state index is 11.9. The van der Waals surface area contributed by atoms with Crippen LogP contribution in [0.2, 0.25) is 0 Å². The van der Waals surface area contributed by atoms with Crippen LogP contribution in [0.1, 0.15) is 15.9 Å². The maximum atomic E-state index is 11.9. The molecule has 4 rings (SSSR count). The van der Waals surface area contributed by atoms with E-state index < -0.39 is 0 Å². The fourth-order valence-electron chi connectivity index (χ4n) is 3.17. The van der Waals surface area contributed by atoms with Crippen LogP contribution in [0.5, 0.6) is 11.5 Å². The van der Waals surface area contributed by atoms with Crippen molar-refractivity contribution in [3.8, 4) is 22.8 Å². The van der Waals surface area contributed by atoms with Crippen LogP contribution in [-0.4, -0.2) is 24.3 Å².